The molecule has 5 heteroatoms. The smallest absolute Gasteiger partial charge is 0.345 e. The highest BCUT2D eigenvalue weighted by atomic mass is 16.5. The number of aliphatic imine (C=N–C) groups is 1. The zero-order valence-electron chi connectivity index (χ0n) is 9.06. The predicted octanol–water partition coefficient (Wildman–Crippen LogP) is 0.618. The van der Waals surface area contributed by atoms with Crippen molar-refractivity contribution in [3.63, 3.8) is 0 Å². The van der Waals surface area contributed by atoms with Crippen molar-refractivity contribution in [1.29, 1.82) is 0 Å². The van der Waals surface area contributed by atoms with Crippen LogP contribution in [0, 0.1) is 0 Å². The van der Waals surface area contributed by atoms with E-state index >= 15 is 0 Å². The lowest BCUT2D eigenvalue weighted by Crippen LogP contribution is -2.31. The summed E-state index contributed by atoms with van der Waals surface area (Å²) in [5, 5.41) is 2.33. The summed E-state index contributed by atoms with van der Waals surface area (Å²) >= 11 is 0. The average Bonchev–Trinajstić information content (AvgIpc) is 2.35. The molecule has 0 spiro atoms. The maximum atomic E-state index is 11.6. The molecule has 0 saturated heterocycles. The van der Waals surface area contributed by atoms with Gasteiger partial charge in [-0.05, 0) is 12.1 Å². The summed E-state index contributed by atoms with van der Waals surface area (Å²) in [6, 6.07) is 8.39. The van der Waals surface area contributed by atoms with Gasteiger partial charge in [-0.3, -0.25) is 4.79 Å². The van der Waals surface area contributed by atoms with Crippen LogP contribution in [0.3, 0.4) is 0 Å². The van der Waals surface area contributed by atoms with Gasteiger partial charge >= 0.3 is 11.9 Å². The lowest BCUT2D eigenvalue weighted by molar-refractivity contribution is -0.115. The minimum atomic E-state index is -0.607. The number of benzene rings is 1. The summed E-state index contributed by atoms with van der Waals surface area (Å²) in [5.41, 5.74) is 0.368. The SMILES string of the molecule is CN=C(OC(=O)c1ccccc1)C(=O)NC. The van der Waals surface area contributed by atoms with Crippen LogP contribution in [0.25, 0.3) is 0 Å². The van der Waals surface area contributed by atoms with Gasteiger partial charge in [0.2, 0.25) is 0 Å². The molecule has 16 heavy (non-hydrogen) atoms. The van der Waals surface area contributed by atoms with E-state index in [1.807, 2.05) is 0 Å². The predicted molar refractivity (Wildman–Crippen MR) is 59.3 cm³/mol. The van der Waals surface area contributed by atoms with Crippen LogP contribution < -0.4 is 5.32 Å². The topological polar surface area (TPSA) is 67.8 Å². The van der Waals surface area contributed by atoms with E-state index < -0.39 is 11.9 Å². The van der Waals surface area contributed by atoms with Crippen molar-refractivity contribution in [2.45, 2.75) is 0 Å². The number of ether oxygens (including phenoxy) is 1. The number of nitrogens with one attached hydrogen (secondary N) is 1. The second-order valence-electron chi connectivity index (χ2n) is 2.86. The molecule has 0 aliphatic heterocycles. The standard InChI is InChI=1S/C11H12N2O3/c1-12-9(14)10(13-2)16-11(15)8-6-4-3-5-7-8/h3-7H,1-2H3,(H,12,14). The van der Waals surface area contributed by atoms with Crippen molar-refractivity contribution in [3.05, 3.63) is 35.9 Å². The Bertz CT molecular complexity index is 412. The van der Waals surface area contributed by atoms with Crippen LogP contribution in [-0.2, 0) is 9.53 Å². The van der Waals surface area contributed by atoms with Crippen LogP contribution in [0.4, 0.5) is 0 Å². The zero-order valence-corrected chi connectivity index (χ0v) is 9.06. The normalized spacial score (nSPS) is 10.8. The number of likely N-dealkylation sites (N-methyl/N-ethyl adjacent to an activating group) is 1. The van der Waals surface area contributed by atoms with Crippen molar-refractivity contribution < 1.29 is 14.3 Å². The highest BCUT2D eigenvalue weighted by molar-refractivity contribution is 6.37. The van der Waals surface area contributed by atoms with Gasteiger partial charge in [0.05, 0.1) is 5.56 Å². The van der Waals surface area contributed by atoms with Gasteiger partial charge in [0, 0.05) is 14.1 Å². The Kier molecular flexibility index (Phi) is 4.20. The molecule has 1 rings (SSSR count). The Morgan fingerprint density at radius 1 is 1.25 bits per heavy atom. The van der Waals surface area contributed by atoms with Gasteiger partial charge in [-0.1, -0.05) is 18.2 Å². The largest absolute Gasteiger partial charge is 0.398 e. The molecule has 1 aromatic rings. The number of rotatable bonds is 1. The second kappa shape index (κ2) is 5.65. The van der Waals surface area contributed by atoms with E-state index in [1.165, 1.54) is 14.1 Å². The van der Waals surface area contributed by atoms with Crippen LogP contribution in [0.5, 0.6) is 0 Å². The van der Waals surface area contributed by atoms with Crippen LogP contribution in [0.2, 0.25) is 0 Å². The van der Waals surface area contributed by atoms with E-state index in [1.54, 1.807) is 30.3 Å². The molecule has 0 fully saturated rings. The first kappa shape index (κ1) is 11.9. The first-order valence-corrected chi connectivity index (χ1v) is 4.65. The summed E-state index contributed by atoms with van der Waals surface area (Å²) in [5.74, 6) is -1.40. The van der Waals surface area contributed by atoms with Crippen molar-refractivity contribution in [2.75, 3.05) is 14.1 Å². The first-order valence-electron chi connectivity index (χ1n) is 4.65. The third kappa shape index (κ3) is 2.91. The minimum absolute atomic E-state index is 0.253. The highest BCUT2D eigenvalue weighted by Gasteiger charge is 2.16. The summed E-state index contributed by atoms with van der Waals surface area (Å²) in [6.07, 6.45) is 0. The van der Waals surface area contributed by atoms with Crippen molar-refractivity contribution in [2.24, 2.45) is 4.99 Å². The van der Waals surface area contributed by atoms with E-state index in [2.05, 4.69) is 10.3 Å². The summed E-state index contributed by atoms with van der Waals surface area (Å²) in [4.78, 5) is 26.3. The van der Waals surface area contributed by atoms with Gasteiger partial charge in [0.25, 0.3) is 5.90 Å². The summed E-state index contributed by atoms with van der Waals surface area (Å²) in [7, 11) is 2.81. The van der Waals surface area contributed by atoms with Crippen LogP contribution in [-0.4, -0.2) is 31.9 Å². The summed E-state index contributed by atoms with van der Waals surface area (Å²) < 4.78 is 4.84. The molecule has 0 heterocycles. The molecule has 0 unspecified atom stereocenters. The Morgan fingerprint density at radius 2 is 1.88 bits per heavy atom. The van der Waals surface area contributed by atoms with Crippen molar-refractivity contribution in [3.8, 4) is 0 Å². The molecule has 0 aliphatic carbocycles. The monoisotopic (exact) mass is 220 g/mol. The number of amides is 1. The maximum Gasteiger partial charge on any atom is 0.345 e. The molecule has 1 aromatic carbocycles. The van der Waals surface area contributed by atoms with Gasteiger partial charge in [0.1, 0.15) is 0 Å². The molecule has 84 valence electrons. The number of carbonyl (C=O) groups excluding carboxylic acids is 2. The molecular formula is C11H12N2O3. The molecule has 0 aromatic heterocycles. The average molecular weight is 220 g/mol. The summed E-state index contributed by atoms with van der Waals surface area (Å²) in [6.45, 7) is 0. The van der Waals surface area contributed by atoms with E-state index in [0.717, 1.165) is 0 Å². The fourth-order valence-electron chi connectivity index (χ4n) is 1.02. The van der Waals surface area contributed by atoms with E-state index in [9.17, 15) is 9.59 Å². The van der Waals surface area contributed by atoms with E-state index in [0.29, 0.717) is 5.56 Å². The van der Waals surface area contributed by atoms with Crippen LogP contribution in [0.1, 0.15) is 10.4 Å². The lowest BCUT2D eigenvalue weighted by atomic mass is 10.2. The fourth-order valence-corrected chi connectivity index (χ4v) is 1.02. The molecule has 5 nitrogen and oxygen atoms in total. The Hall–Kier alpha value is -2.17. The molecule has 0 bridgehead atoms. The number of hydrogen-bond donors (Lipinski definition) is 1. The Morgan fingerprint density at radius 3 is 2.38 bits per heavy atom. The fraction of sp³-hybridized carbons (Fsp3) is 0.182. The van der Waals surface area contributed by atoms with Crippen LogP contribution in [0.15, 0.2) is 35.3 Å². The Balaban J connectivity index is 2.75. The van der Waals surface area contributed by atoms with E-state index in [-0.39, 0.29) is 5.90 Å². The van der Waals surface area contributed by atoms with Gasteiger partial charge in [0.15, 0.2) is 0 Å². The maximum absolute atomic E-state index is 11.6. The third-order valence-electron chi connectivity index (χ3n) is 1.82. The third-order valence-corrected chi connectivity index (χ3v) is 1.82. The van der Waals surface area contributed by atoms with Gasteiger partial charge < -0.3 is 10.1 Å². The van der Waals surface area contributed by atoms with Crippen LogP contribution >= 0.6 is 0 Å². The van der Waals surface area contributed by atoms with Crippen molar-refractivity contribution >= 4 is 17.8 Å². The van der Waals surface area contributed by atoms with Gasteiger partial charge in [-0.15, -0.1) is 0 Å². The van der Waals surface area contributed by atoms with Crippen molar-refractivity contribution in [1.82, 2.24) is 5.32 Å². The highest BCUT2D eigenvalue weighted by Crippen LogP contribution is 2.01. The molecule has 0 atom stereocenters. The molecule has 1 amide bonds. The lowest BCUT2D eigenvalue weighted by Gasteiger charge is -2.05. The quantitative estimate of drug-likeness (QED) is 0.428. The molecule has 0 aliphatic rings. The number of esters is 1. The molecule has 1 N–H and O–H groups in total. The molecule has 0 saturated carbocycles. The molecule has 0 radical (unpaired) electrons. The van der Waals surface area contributed by atoms with Gasteiger partial charge in [-0.25, -0.2) is 9.79 Å². The minimum Gasteiger partial charge on any atom is -0.398 e. The Labute approximate surface area is 93.1 Å². The number of hydrogen-bond acceptors (Lipinski definition) is 4. The van der Waals surface area contributed by atoms with Gasteiger partial charge in [-0.2, -0.15) is 0 Å². The second-order valence-corrected chi connectivity index (χ2v) is 2.86. The zero-order chi connectivity index (χ0) is 12.0. The first-order chi connectivity index (χ1) is 7.69. The number of nitrogens with zero attached hydrogens (tertiary/aromatic N) is 1. The van der Waals surface area contributed by atoms with E-state index in [4.69, 9.17) is 4.74 Å². The number of carbonyl (C=O) groups is 2. The molecular weight excluding hydrogens is 208 g/mol.